The van der Waals surface area contributed by atoms with Gasteiger partial charge in [-0.3, -0.25) is 14.4 Å². The van der Waals surface area contributed by atoms with Crippen molar-refractivity contribution in [3.8, 4) is 0 Å². The highest BCUT2D eigenvalue weighted by Gasteiger charge is 2.34. The number of anilines is 2. The summed E-state index contributed by atoms with van der Waals surface area (Å²) in [5.74, 6) is -0.991. The predicted octanol–water partition coefficient (Wildman–Crippen LogP) is 8.70. The maximum absolute atomic E-state index is 13.7. The molecular formula is C41H42N4O5S2. The van der Waals surface area contributed by atoms with Gasteiger partial charge in [0.25, 0.3) is 11.8 Å². The fourth-order valence-corrected chi connectivity index (χ4v) is 8.40. The fraction of sp³-hybridized carbons (Fsp3) is 0.268. The van der Waals surface area contributed by atoms with Crippen LogP contribution in [0, 0.1) is 11.3 Å². The first-order valence-electron chi connectivity index (χ1n) is 17.3. The van der Waals surface area contributed by atoms with Crippen LogP contribution >= 0.6 is 23.1 Å². The summed E-state index contributed by atoms with van der Waals surface area (Å²) in [4.78, 5) is 58.3. The van der Waals surface area contributed by atoms with E-state index >= 15 is 0 Å². The Morgan fingerprint density at radius 1 is 0.981 bits per heavy atom. The van der Waals surface area contributed by atoms with Gasteiger partial charge >= 0.3 is 5.97 Å². The van der Waals surface area contributed by atoms with Gasteiger partial charge in [0.05, 0.1) is 17.9 Å². The van der Waals surface area contributed by atoms with Gasteiger partial charge in [-0.05, 0) is 85.6 Å². The molecular weight excluding hydrogens is 693 g/mol. The van der Waals surface area contributed by atoms with E-state index in [2.05, 4.69) is 41.7 Å². The Kier molecular flexibility index (Phi) is 11.3. The van der Waals surface area contributed by atoms with E-state index in [-0.39, 0.29) is 29.4 Å². The highest BCUT2D eigenvalue weighted by molar-refractivity contribution is 8.00. The smallest absolute Gasteiger partial charge is 0.341 e. The van der Waals surface area contributed by atoms with Crippen LogP contribution in [-0.4, -0.2) is 41.0 Å². The standard InChI is InChI=1S/C41H42N4O5S2/c1-5-50-40(49)36-31-19-18-27(41(2,3)4)21-34(31)52-39(36)45-35(46)24-51-29-15-11-14-28(22-29)43-38(48)33(44-37(47)25-12-7-6-8-13-25)20-26-23-42-32-17-10-9-16-30(26)32/h6-17,20,22-23,27,42H,5,18-19,21,24H2,1-4H3,(H,43,48)(H,44,47)(H,45,46)/b33-20-. The zero-order chi connectivity index (χ0) is 36.8. The quantitative estimate of drug-likeness (QED) is 0.0611. The summed E-state index contributed by atoms with van der Waals surface area (Å²) >= 11 is 2.79. The Labute approximate surface area is 311 Å². The van der Waals surface area contributed by atoms with Gasteiger partial charge in [0.2, 0.25) is 5.91 Å². The highest BCUT2D eigenvalue weighted by atomic mass is 32.2. The molecule has 0 fully saturated rings. The van der Waals surface area contributed by atoms with E-state index in [1.807, 2.05) is 36.4 Å². The molecule has 52 heavy (non-hydrogen) atoms. The first-order valence-corrected chi connectivity index (χ1v) is 19.1. The number of aromatic nitrogens is 1. The molecule has 3 amide bonds. The molecule has 2 aromatic heterocycles. The van der Waals surface area contributed by atoms with Crippen molar-refractivity contribution in [2.45, 2.75) is 51.9 Å². The van der Waals surface area contributed by atoms with Crippen molar-refractivity contribution in [2.75, 3.05) is 23.0 Å². The number of esters is 1. The van der Waals surface area contributed by atoms with Crippen LogP contribution in [-0.2, 0) is 27.2 Å². The van der Waals surface area contributed by atoms with E-state index in [9.17, 15) is 19.2 Å². The van der Waals surface area contributed by atoms with Gasteiger partial charge < -0.3 is 25.7 Å². The highest BCUT2D eigenvalue weighted by Crippen LogP contribution is 2.44. The second-order valence-electron chi connectivity index (χ2n) is 13.7. The van der Waals surface area contributed by atoms with Crippen molar-refractivity contribution >= 4 is 74.5 Å². The molecule has 0 bridgehead atoms. The predicted molar refractivity (Wildman–Crippen MR) is 210 cm³/mol. The number of ether oxygens (including phenoxy) is 1. The van der Waals surface area contributed by atoms with Gasteiger partial charge in [0.1, 0.15) is 10.7 Å². The summed E-state index contributed by atoms with van der Waals surface area (Å²) in [6.07, 6.45) is 6.07. The van der Waals surface area contributed by atoms with E-state index < -0.39 is 17.8 Å². The van der Waals surface area contributed by atoms with Gasteiger partial charge in [0, 0.05) is 43.7 Å². The molecule has 5 aromatic rings. The first kappa shape index (κ1) is 36.7. The average molecular weight is 735 g/mol. The summed E-state index contributed by atoms with van der Waals surface area (Å²) < 4.78 is 5.40. The molecule has 268 valence electrons. The van der Waals surface area contributed by atoms with Crippen LogP contribution in [0.15, 0.2) is 95.7 Å². The molecule has 0 saturated carbocycles. The van der Waals surface area contributed by atoms with Crippen LogP contribution in [0.4, 0.5) is 10.7 Å². The summed E-state index contributed by atoms with van der Waals surface area (Å²) in [5, 5.41) is 10.1. The molecule has 1 aliphatic rings. The summed E-state index contributed by atoms with van der Waals surface area (Å²) in [6.45, 7) is 8.76. The summed E-state index contributed by atoms with van der Waals surface area (Å²) in [7, 11) is 0. The number of thioether (sulfide) groups is 1. The minimum Gasteiger partial charge on any atom is -0.462 e. The maximum Gasteiger partial charge on any atom is 0.341 e. The topological polar surface area (TPSA) is 129 Å². The molecule has 1 atom stereocenters. The number of carbonyl (C=O) groups excluding carboxylic acids is 4. The van der Waals surface area contributed by atoms with Crippen LogP contribution in [0.3, 0.4) is 0 Å². The Balaban J connectivity index is 1.15. The maximum atomic E-state index is 13.7. The number of hydrogen-bond donors (Lipinski definition) is 4. The molecule has 1 aliphatic carbocycles. The first-order chi connectivity index (χ1) is 25.0. The molecule has 3 aromatic carbocycles. The summed E-state index contributed by atoms with van der Waals surface area (Å²) in [5.41, 5.74) is 4.26. The van der Waals surface area contributed by atoms with E-state index in [0.717, 1.165) is 51.1 Å². The molecule has 1 unspecified atom stereocenters. The fourth-order valence-electron chi connectivity index (χ4n) is 6.32. The lowest BCUT2D eigenvalue weighted by atomic mass is 9.72. The lowest BCUT2D eigenvalue weighted by Gasteiger charge is -2.33. The number of benzene rings is 3. The Morgan fingerprint density at radius 3 is 2.52 bits per heavy atom. The number of carbonyl (C=O) groups is 4. The van der Waals surface area contributed by atoms with Gasteiger partial charge in [-0.15, -0.1) is 23.1 Å². The van der Waals surface area contributed by atoms with Crippen molar-refractivity contribution in [2.24, 2.45) is 11.3 Å². The van der Waals surface area contributed by atoms with E-state index in [0.29, 0.717) is 27.7 Å². The molecule has 6 rings (SSSR count). The number of rotatable bonds is 11. The van der Waals surface area contributed by atoms with Crippen molar-refractivity contribution in [3.05, 3.63) is 118 Å². The van der Waals surface area contributed by atoms with Gasteiger partial charge in [-0.1, -0.05) is 63.2 Å². The number of thiophene rings is 1. The third kappa shape index (κ3) is 8.66. The van der Waals surface area contributed by atoms with Crippen LogP contribution in [0.2, 0.25) is 0 Å². The van der Waals surface area contributed by atoms with Crippen molar-refractivity contribution in [3.63, 3.8) is 0 Å². The number of hydrogen-bond acceptors (Lipinski definition) is 7. The van der Waals surface area contributed by atoms with Gasteiger partial charge in [0.15, 0.2) is 0 Å². The Hall–Kier alpha value is -5.13. The van der Waals surface area contributed by atoms with E-state index in [4.69, 9.17) is 4.74 Å². The second-order valence-corrected chi connectivity index (χ2v) is 15.9. The third-order valence-corrected chi connectivity index (χ3v) is 11.3. The van der Waals surface area contributed by atoms with E-state index in [1.54, 1.807) is 61.7 Å². The number of para-hydroxylation sites is 1. The molecule has 11 heteroatoms. The van der Waals surface area contributed by atoms with Crippen molar-refractivity contribution < 1.29 is 23.9 Å². The normalized spacial score (nSPS) is 14.4. The van der Waals surface area contributed by atoms with Crippen LogP contribution in [0.1, 0.15) is 70.8 Å². The lowest BCUT2D eigenvalue weighted by Crippen LogP contribution is -2.30. The number of H-pyrrole nitrogens is 1. The van der Waals surface area contributed by atoms with Crippen molar-refractivity contribution in [1.82, 2.24) is 10.3 Å². The molecule has 0 spiro atoms. The molecule has 9 nitrogen and oxygen atoms in total. The minimum atomic E-state index is -0.503. The zero-order valence-corrected chi connectivity index (χ0v) is 31.3. The van der Waals surface area contributed by atoms with Gasteiger partial charge in [-0.25, -0.2) is 4.79 Å². The molecule has 0 radical (unpaired) electrons. The lowest BCUT2D eigenvalue weighted by molar-refractivity contribution is -0.114. The van der Waals surface area contributed by atoms with Crippen LogP contribution in [0.25, 0.3) is 17.0 Å². The SMILES string of the molecule is CCOC(=O)c1c(NC(=O)CSc2cccc(NC(=O)/C(=C/c3c[nH]c4ccccc34)NC(=O)c3ccccc3)c2)sc2c1CCC(C(C)(C)C)C2. The van der Waals surface area contributed by atoms with Crippen molar-refractivity contribution in [1.29, 1.82) is 0 Å². The second kappa shape index (κ2) is 16.0. The van der Waals surface area contributed by atoms with Gasteiger partial charge in [-0.2, -0.15) is 0 Å². The average Bonchev–Trinajstić information content (AvgIpc) is 3.71. The number of amides is 3. The monoisotopic (exact) mass is 734 g/mol. The third-order valence-electron chi connectivity index (χ3n) is 9.13. The van der Waals surface area contributed by atoms with E-state index in [1.165, 1.54) is 23.1 Å². The summed E-state index contributed by atoms with van der Waals surface area (Å²) in [6, 6.07) is 23.6. The minimum absolute atomic E-state index is 0.0703. The Morgan fingerprint density at radius 2 is 1.75 bits per heavy atom. The number of aromatic amines is 1. The molecule has 2 heterocycles. The number of fused-ring (bicyclic) bond motifs is 2. The zero-order valence-electron chi connectivity index (χ0n) is 29.6. The molecule has 0 aliphatic heterocycles. The largest absolute Gasteiger partial charge is 0.462 e. The molecule has 4 N–H and O–H groups in total. The van der Waals surface area contributed by atoms with Crippen LogP contribution in [0.5, 0.6) is 0 Å². The number of nitrogens with one attached hydrogen (secondary N) is 4. The Bertz CT molecular complexity index is 2140. The molecule has 0 saturated heterocycles. The van der Waals surface area contributed by atoms with Crippen LogP contribution < -0.4 is 16.0 Å².